The molecule has 1 saturated carbocycles. The van der Waals surface area contributed by atoms with Crippen LogP contribution in [-0.4, -0.2) is 35.4 Å². The van der Waals surface area contributed by atoms with Crippen molar-refractivity contribution in [2.24, 2.45) is 0 Å². The highest BCUT2D eigenvalue weighted by Gasteiger charge is 2.19. The fraction of sp³-hybridized carbons (Fsp3) is 0.750. The van der Waals surface area contributed by atoms with E-state index < -0.39 is 0 Å². The fourth-order valence-corrected chi connectivity index (χ4v) is 2.26. The lowest BCUT2D eigenvalue weighted by Gasteiger charge is -2.28. The van der Waals surface area contributed by atoms with Crippen LogP contribution >= 0.6 is 0 Å². The summed E-state index contributed by atoms with van der Waals surface area (Å²) < 4.78 is 7.93. The highest BCUT2D eigenvalue weighted by Crippen LogP contribution is 2.20. The van der Waals surface area contributed by atoms with Gasteiger partial charge >= 0.3 is 0 Å². The molecule has 90 valence electrons. The highest BCUT2D eigenvalue weighted by atomic mass is 16.5. The van der Waals surface area contributed by atoms with Crippen molar-refractivity contribution in [2.75, 3.05) is 13.7 Å². The van der Waals surface area contributed by atoms with E-state index in [1.807, 2.05) is 19.6 Å². The number of hydrogen-bond acceptors (Lipinski definition) is 3. The van der Waals surface area contributed by atoms with E-state index in [-0.39, 0.29) is 0 Å². The zero-order valence-electron chi connectivity index (χ0n) is 9.93. The Balaban J connectivity index is 1.60. The molecule has 16 heavy (non-hydrogen) atoms. The molecule has 1 aromatic rings. The first-order valence-electron chi connectivity index (χ1n) is 6.13. The quantitative estimate of drug-likeness (QED) is 0.820. The summed E-state index contributed by atoms with van der Waals surface area (Å²) in [6.45, 7) is 1.71. The summed E-state index contributed by atoms with van der Waals surface area (Å²) in [5.74, 6) is 0. The summed E-state index contributed by atoms with van der Waals surface area (Å²) in [6, 6.07) is 0.702. The second-order valence-electron chi connectivity index (χ2n) is 4.43. The van der Waals surface area contributed by atoms with Crippen molar-refractivity contribution in [2.45, 2.75) is 44.4 Å². The second-order valence-corrected chi connectivity index (χ2v) is 4.43. The maximum absolute atomic E-state index is 5.87. The average Bonchev–Trinajstić information content (AvgIpc) is 2.83. The smallest absolute Gasteiger partial charge is 0.0946 e. The Hall–Kier alpha value is -0.870. The van der Waals surface area contributed by atoms with Gasteiger partial charge in [0.25, 0.3) is 0 Å². The number of ether oxygens (including phenoxy) is 1. The standard InChI is InChI=1S/C12H21N3O/c1-13-11-2-4-12(5-3-11)16-9-8-15-7-6-14-10-15/h6-7,10-13H,2-5,8-9H2,1H3. The second kappa shape index (κ2) is 6.01. The number of imidazole rings is 1. The van der Waals surface area contributed by atoms with Gasteiger partial charge in [0, 0.05) is 25.0 Å². The van der Waals surface area contributed by atoms with Gasteiger partial charge in [-0.05, 0) is 32.7 Å². The van der Waals surface area contributed by atoms with E-state index in [9.17, 15) is 0 Å². The van der Waals surface area contributed by atoms with Gasteiger partial charge in [-0.1, -0.05) is 0 Å². The van der Waals surface area contributed by atoms with Crippen LogP contribution in [0.3, 0.4) is 0 Å². The van der Waals surface area contributed by atoms with Crippen LogP contribution in [0.4, 0.5) is 0 Å². The molecule has 1 fully saturated rings. The summed E-state index contributed by atoms with van der Waals surface area (Å²) >= 11 is 0. The van der Waals surface area contributed by atoms with Crippen LogP contribution in [-0.2, 0) is 11.3 Å². The minimum absolute atomic E-state index is 0.466. The van der Waals surface area contributed by atoms with E-state index in [4.69, 9.17) is 4.74 Å². The molecule has 4 heteroatoms. The third-order valence-electron chi connectivity index (χ3n) is 3.34. The summed E-state index contributed by atoms with van der Waals surface area (Å²) in [5.41, 5.74) is 0. The topological polar surface area (TPSA) is 39.1 Å². The Morgan fingerprint density at radius 1 is 1.38 bits per heavy atom. The minimum atomic E-state index is 0.466. The van der Waals surface area contributed by atoms with Gasteiger partial charge in [0.2, 0.25) is 0 Å². The van der Waals surface area contributed by atoms with Crippen LogP contribution in [0.5, 0.6) is 0 Å². The van der Waals surface area contributed by atoms with E-state index in [1.54, 1.807) is 6.20 Å². The molecular weight excluding hydrogens is 202 g/mol. The van der Waals surface area contributed by atoms with Crippen molar-refractivity contribution in [1.82, 2.24) is 14.9 Å². The largest absolute Gasteiger partial charge is 0.376 e. The molecule has 0 aromatic carbocycles. The molecule has 1 aliphatic rings. The minimum Gasteiger partial charge on any atom is -0.376 e. The first-order chi connectivity index (χ1) is 7.88. The third kappa shape index (κ3) is 3.32. The molecule has 1 N–H and O–H groups in total. The summed E-state index contributed by atoms with van der Waals surface area (Å²) in [5, 5.41) is 3.33. The zero-order chi connectivity index (χ0) is 11.2. The van der Waals surface area contributed by atoms with E-state index in [0.717, 1.165) is 13.2 Å². The normalized spacial score (nSPS) is 25.8. The van der Waals surface area contributed by atoms with Crippen molar-refractivity contribution in [3.05, 3.63) is 18.7 Å². The van der Waals surface area contributed by atoms with E-state index in [2.05, 4.69) is 14.9 Å². The van der Waals surface area contributed by atoms with Gasteiger partial charge in [-0.15, -0.1) is 0 Å². The highest BCUT2D eigenvalue weighted by molar-refractivity contribution is 4.77. The number of aromatic nitrogens is 2. The molecule has 0 saturated heterocycles. The zero-order valence-corrected chi connectivity index (χ0v) is 9.93. The number of nitrogens with zero attached hydrogens (tertiary/aromatic N) is 2. The maximum Gasteiger partial charge on any atom is 0.0946 e. The molecule has 0 spiro atoms. The molecular formula is C12H21N3O. The molecule has 1 heterocycles. The first kappa shape index (κ1) is 11.6. The Labute approximate surface area is 97.0 Å². The van der Waals surface area contributed by atoms with Gasteiger partial charge < -0.3 is 14.6 Å². The van der Waals surface area contributed by atoms with Gasteiger partial charge in [-0.2, -0.15) is 0 Å². The van der Waals surface area contributed by atoms with Crippen molar-refractivity contribution >= 4 is 0 Å². The molecule has 0 amide bonds. The van der Waals surface area contributed by atoms with Gasteiger partial charge in [0.15, 0.2) is 0 Å². The van der Waals surface area contributed by atoms with E-state index in [1.165, 1.54) is 25.7 Å². The molecule has 0 aliphatic heterocycles. The number of rotatable bonds is 5. The van der Waals surface area contributed by atoms with Gasteiger partial charge in [0.05, 0.1) is 19.0 Å². The summed E-state index contributed by atoms with van der Waals surface area (Å²) in [7, 11) is 2.05. The van der Waals surface area contributed by atoms with E-state index >= 15 is 0 Å². The lowest BCUT2D eigenvalue weighted by molar-refractivity contribution is 0.0189. The molecule has 1 aliphatic carbocycles. The van der Waals surface area contributed by atoms with Crippen LogP contribution in [0.2, 0.25) is 0 Å². The predicted molar refractivity (Wildman–Crippen MR) is 63.3 cm³/mol. The summed E-state index contributed by atoms with van der Waals surface area (Å²) in [4.78, 5) is 4.01. The fourth-order valence-electron chi connectivity index (χ4n) is 2.26. The van der Waals surface area contributed by atoms with Crippen molar-refractivity contribution in [1.29, 1.82) is 0 Å². The third-order valence-corrected chi connectivity index (χ3v) is 3.34. The van der Waals surface area contributed by atoms with Crippen LogP contribution in [0.1, 0.15) is 25.7 Å². The van der Waals surface area contributed by atoms with Gasteiger partial charge in [-0.3, -0.25) is 0 Å². The van der Waals surface area contributed by atoms with Gasteiger partial charge in [-0.25, -0.2) is 4.98 Å². The molecule has 4 nitrogen and oxygen atoms in total. The van der Waals surface area contributed by atoms with Crippen molar-refractivity contribution in [3.63, 3.8) is 0 Å². The molecule has 0 bridgehead atoms. The Bertz CT molecular complexity index is 278. The summed E-state index contributed by atoms with van der Waals surface area (Å²) in [6.07, 6.45) is 10.9. The monoisotopic (exact) mass is 223 g/mol. The Morgan fingerprint density at radius 2 is 2.19 bits per heavy atom. The molecule has 2 rings (SSSR count). The SMILES string of the molecule is CNC1CCC(OCCn2ccnc2)CC1. The Kier molecular flexibility index (Phi) is 4.36. The van der Waals surface area contributed by atoms with Crippen LogP contribution in [0, 0.1) is 0 Å². The number of nitrogens with one attached hydrogen (secondary N) is 1. The van der Waals surface area contributed by atoms with Crippen LogP contribution in [0.15, 0.2) is 18.7 Å². The molecule has 0 unspecified atom stereocenters. The predicted octanol–water partition coefficient (Wildman–Crippen LogP) is 1.43. The van der Waals surface area contributed by atoms with Crippen LogP contribution < -0.4 is 5.32 Å². The maximum atomic E-state index is 5.87. The lowest BCUT2D eigenvalue weighted by Crippen LogP contribution is -2.33. The van der Waals surface area contributed by atoms with Gasteiger partial charge in [0.1, 0.15) is 0 Å². The lowest BCUT2D eigenvalue weighted by atomic mass is 9.93. The van der Waals surface area contributed by atoms with Crippen molar-refractivity contribution in [3.8, 4) is 0 Å². The number of hydrogen-bond donors (Lipinski definition) is 1. The van der Waals surface area contributed by atoms with Crippen molar-refractivity contribution < 1.29 is 4.74 Å². The average molecular weight is 223 g/mol. The Morgan fingerprint density at radius 3 is 2.81 bits per heavy atom. The first-order valence-corrected chi connectivity index (χ1v) is 6.13. The molecule has 0 radical (unpaired) electrons. The van der Waals surface area contributed by atoms with Crippen LogP contribution in [0.25, 0.3) is 0 Å². The molecule has 1 aromatic heterocycles. The molecule has 0 atom stereocenters. The van der Waals surface area contributed by atoms with E-state index in [0.29, 0.717) is 12.1 Å².